The first-order valence-corrected chi connectivity index (χ1v) is 10.6. The largest absolute Gasteiger partial charge is 0.508 e. The molecule has 3 N–H and O–H groups in total. The molecule has 31 heavy (non-hydrogen) atoms. The van der Waals surface area contributed by atoms with Crippen molar-refractivity contribution >= 4 is 30.5 Å². The molecule has 3 amide bonds. The third-order valence-electron chi connectivity index (χ3n) is 3.98. The second-order valence-electron chi connectivity index (χ2n) is 8.32. The average molecular weight is 452 g/mol. The van der Waals surface area contributed by atoms with Crippen LogP contribution in [0.2, 0.25) is 0 Å². The smallest absolute Gasteiger partial charge is 0.408 e. The molecule has 0 aliphatic heterocycles. The molecule has 9 heteroatoms. The van der Waals surface area contributed by atoms with Gasteiger partial charge in [-0.2, -0.15) is 12.6 Å². The van der Waals surface area contributed by atoms with Crippen LogP contribution >= 0.6 is 12.6 Å². The number of amides is 3. The quantitative estimate of drug-likeness (QED) is 0.341. The summed E-state index contributed by atoms with van der Waals surface area (Å²) in [5, 5.41) is 15.0. The summed E-state index contributed by atoms with van der Waals surface area (Å²) in [5.74, 6) is -0.878. The van der Waals surface area contributed by atoms with Gasteiger partial charge in [-0.15, -0.1) is 6.58 Å². The van der Waals surface area contributed by atoms with Crippen LogP contribution < -0.4 is 10.6 Å². The lowest BCUT2D eigenvalue weighted by molar-refractivity contribution is -0.141. The van der Waals surface area contributed by atoms with Gasteiger partial charge >= 0.3 is 6.09 Å². The van der Waals surface area contributed by atoms with E-state index in [1.54, 1.807) is 32.9 Å². The maximum atomic E-state index is 13.4. The Morgan fingerprint density at radius 1 is 1.19 bits per heavy atom. The second kappa shape index (κ2) is 11.6. The fraction of sp³-hybridized carbons (Fsp3) is 0.500. The fourth-order valence-electron chi connectivity index (χ4n) is 2.79. The Kier molecular flexibility index (Phi) is 9.90. The highest BCUT2D eigenvalue weighted by Gasteiger charge is 2.35. The van der Waals surface area contributed by atoms with Crippen molar-refractivity contribution in [3.05, 3.63) is 42.5 Å². The molecule has 1 rings (SSSR count). The second-order valence-corrected chi connectivity index (χ2v) is 8.68. The number of ether oxygens (including phenoxy) is 1. The number of phenolic OH excluding ortho intramolecular Hbond substituents is 1. The predicted molar refractivity (Wildman–Crippen MR) is 123 cm³/mol. The number of thiol groups is 1. The molecule has 8 nitrogen and oxygen atoms in total. The number of nitrogens with one attached hydrogen (secondary N) is 2. The van der Waals surface area contributed by atoms with E-state index >= 15 is 0 Å². The first-order chi connectivity index (χ1) is 14.4. The molecule has 0 heterocycles. The Labute approximate surface area is 189 Å². The minimum atomic E-state index is -1.02. The first-order valence-electron chi connectivity index (χ1n) is 10.0. The van der Waals surface area contributed by atoms with Gasteiger partial charge in [-0.05, 0) is 52.3 Å². The van der Waals surface area contributed by atoms with Gasteiger partial charge in [0.25, 0.3) is 0 Å². The van der Waals surface area contributed by atoms with Crippen molar-refractivity contribution in [3.8, 4) is 5.75 Å². The van der Waals surface area contributed by atoms with Gasteiger partial charge in [0.05, 0.1) is 0 Å². The zero-order chi connectivity index (χ0) is 23.8. The van der Waals surface area contributed by atoms with E-state index in [4.69, 9.17) is 4.74 Å². The standard InChI is InChI=1S/C22H33N3O5S/c1-7-12-25(20(28)17(13-31)24-21(29)30-22(4,5)6)18(19(27)23-14(2)3)15-8-10-16(26)11-9-15/h7-11,14,17-18,26,31H,1,12-13H2,2-6H3,(H,23,27)(H,24,29). The van der Waals surface area contributed by atoms with Crippen LogP contribution in [-0.4, -0.2) is 57.9 Å². The van der Waals surface area contributed by atoms with Crippen molar-refractivity contribution in [2.75, 3.05) is 12.3 Å². The van der Waals surface area contributed by atoms with Crippen molar-refractivity contribution in [1.29, 1.82) is 0 Å². The van der Waals surface area contributed by atoms with Crippen LogP contribution in [0.15, 0.2) is 36.9 Å². The van der Waals surface area contributed by atoms with Crippen molar-refractivity contribution < 1.29 is 24.2 Å². The molecule has 2 atom stereocenters. The lowest BCUT2D eigenvalue weighted by Crippen LogP contribution is -2.54. The van der Waals surface area contributed by atoms with Crippen LogP contribution in [0, 0.1) is 0 Å². The van der Waals surface area contributed by atoms with E-state index in [-0.39, 0.29) is 24.1 Å². The Bertz CT molecular complexity index is 774. The minimum Gasteiger partial charge on any atom is -0.508 e. The van der Waals surface area contributed by atoms with Crippen LogP contribution in [0.3, 0.4) is 0 Å². The van der Waals surface area contributed by atoms with Gasteiger partial charge in [0.15, 0.2) is 0 Å². The van der Waals surface area contributed by atoms with Crippen molar-refractivity contribution in [3.63, 3.8) is 0 Å². The summed E-state index contributed by atoms with van der Waals surface area (Å²) < 4.78 is 5.24. The molecule has 0 spiro atoms. The topological polar surface area (TPSA) is 108 Å². The summed E-state index contributed by atoms with van der Waals surface area (Å²) in [4.78, 5) is 39.9. The summed E-state index contributed by atoms with van der Waals surface area (Å²) in [6.07, 6.45) is 0.739. The number of aromatic hydroxyl groups is 1. The number of benzene rings is 1. The molecular formula is C22H33N3O5S. The van der Waals surface area contributed by atoms with E-state index in [9.17, 15) is 19.5 Å². The van der Waals surface area contributed by atoms with Gasteiger partial charge in [-0.3, -0.25) is 9.59 Å². The molecule has 2 unspecified atom stereocenters. The van der Waals surface area contributed by atoms with Crippen LogP contribution in [0.4, 0.5) is 4.79 Å². The van der Waals surface area contributed by atoms with Gasteiger partial charge < -0.3 is 25.4 Å². The number of hydrogen-bond acceptors (Lipinski definition) is 6. The molecule has 0 saturated carbocycles. The normalized spacial score (nSPS) is 13.1. The number of hydrogen-bond donors (Lipinski definition) is 4. The number of rotatable bonds is 9. The molecule has 0 aromatic heterocycles. The highest BCUT2D eigenvalue weighted by atomic mass is 32.1. The Morgan fingerprint density at radius 3 is 2.23 bits per heavy atom. The monoisotopic (exact) mass is 451 g/mol. The number of phenols is 1. The number of carbonyl (C=O) groups is 3. The Balaban J connectivity index is 3.29. The van der Waals surface area contributed by atoms with Gasteiger partial charge in [-0.25, -0.2) is 4.79 Å². The maximum Gasteiger partial charge on any atom is 0.408 e. The Hall–Kier alpha value is -2.68. The van der Waals surface area contributed by atoms with Crippen LogP contribution in [0.5, 0.6) is 5.75 Å². The Morgan fingerprint density at radius 2 is 1.77 bits per heavy atom. The first kappa shape index (κ1) is 26.4. The van der Waals surface area contributed by atoms with E-state index in [1.165, 1.54) is 23.1 Å². The summed E-state index contributed by atoms with van der Waals surface area (Å²) in [5.41, 5.74) is -0.234. The molecule has 0 radical (unpaired) electrons. The molecule has 0 saturated heterocycles. The van der Waals surface area contributed by atoms with E-state index in [2.05, 4.69) is 29.8 Å². The average Bonchev–Trinajstić information content (AvgIpc) is 2.64. The van der Waals surface area contributed by atoms with Crippen LogP contribution in [0.1, 0.15) is 46.2 Å². The van der Waals surface area contributed by atoms with Gasteiger partial charge in [0, 0.05) is 18.3 Å². The number of nitrogens with zero attached hydrogens (tertiary/aromatic N) is 1. The summed E-state index contributed by atoms with van der Waals surface area (Å²) in [6.45, 7) is 12.5. The molecular weight excluding hydrogens is 418 g/mol. The van der Waals surface area contributed by atoms with E-state index < -0.39 is 35.6 Å². The third-order valence-corrected chi connectivity index (χ3v) is 4.35. The zero-order valence-corrected chi connectivity index (χ0v) is 19.6. The lowest BCUT2D eigenvalue weighted by atomic mass is 10.0. The van der Waals surface area contributed by atoms with Gasteiger partial charge in [0.1, 0.15) is 23.4 Å². The third kappa shape index (κ3) is 8.53. The van der Waals surface area contributed by atoms with E-state index in [0.29, 0.717) is 5.56 Å². The predicted octanol–water partition coefficient (Wildman–Crippen LogP) is 2.80. The molecule has 0 aliphatic carbocycles. The molecule has 172 valence electrons. The van der Waals surface area contributed by atoms with Gasteiger partial charge in [0.2, 0.25) is 11.8 Å². The highest BCUT2D eigenvalue weighted by Crippen LogP contribution is 2.25. The van der Waals surface area contributed by atoms with Crippen LogP contribution in [-0.2, 0) is 14.3 Å². The molecule has 1 aromatic carbocycles. The minimum absolute atomic E-state index is 0.000182. The van der Waals surface area contributed by atoms with E-state index in [1.807, 2.05) is 13.8 Å². The van der Waals surface area contributed by atoms with Crippen molar-refractivity contribution in [1.82, 2.24) is 15.5 Å². The van der Waals surface area contributed by atoms with Crippen LogP contribution in [0.25, 0.3) is 0 Å². The molecule has 0 aliphatic rings. The highest BCUT2D eigenvalue weighted by molar-refractivity contribution is 7.80. The van der Waals surface area contributed by atoms with Crippen molar-refractivity contribution in [2.45, 2.75) is 58.3 Å². The number of alkyl carbamates (subject to hydrolysis) is 1. The van der Waals surface area contributed by atoms with E-state index in [0.717, 1.165) is 0 Å². The molecule has 0 fully saturated rings. The lowest BCUT2D eigenvalue weighted by Gasteiger charge is -2.33. The number of carbonyl (C=O) groups excluding carboxylic acids is 3. The fourth-order valence-corrected chi connectivity index (χ4v) is 3.04. The summed E-state index contributed by atoms with van der Waals surface area (Å²) in [6, 6.07) is 3.84. The maximum absolute atomic E-state index is 13.4. The summed E-state index contributed by atoms with van der Waals surface area (Å²) in [7, 11) is 0. The van der Waals surface area contributed by atoms with Gasteiger partial charge in [-0.1, -0.05) is 18.2 Å². The SMILES string of the molecule is C=CCN(C(=O)C(CS)NC(=O)OC(C)(C)C)C(C(=O)NC(C)C)c1ccc(O)cc1. The summed E-state index contributed by atoms with van der Waals surface area (Å²) >= 11 is 4.20. The zero-order valence-electron chi connectivity index (χ0n) is 18.7. The molecule has 1 aromatic rings. The molecule has 0 bridgehead atoms. The van der Waals surface area contributed by atoms with Crippen molar-refractivity contribution in [2.24, 2.45) is 0 Å².